The van der Waals surface area contributed by atoms with Crippen LogP contribution in [0.1, 0.15) is 44.9 Å². The molecular weight excluding hydrogens is 626 g/mol. The molecule has 0 aliphatic heterocycles. The van der Waals surface area contributed by atoms with Crippen LogP contribution in [0, 0.1) is 17.8 Å². The number of aliphatic hydroxyl groups is 1. The van der Waals surface area contributed by atoms with Gasteiger partial charge in [0.25, 0.3) is 5.91 Å². The third kappa shape index (κ3) is 11.1. The third-order valence-corrected chi connectivity index (χ3v) is 8.26. The van der Waals surface area contributed by atoms with Gasteiger partial charge in [-0.05, 0) is 34.1 Å². The van der Waals surface area contributed by atoms with Crippen LogP contribution in [-0.2, 0) is 25.6 Å². The molecule has 12 heteroatoms. The number of nitrogens with zero attached hydrogens (tertiary/aromatic N) is 1. The average molecular weight is 676 g/mol. The van der Waals surface area contributed by atoms with Crippen LogP contribution in [0.15, 0.2) is 84.9 Å². The number of aliphatic hydroxyl groups excluding tert-OH is 1. The van der Waals surface area contributed by atoms with Crippen LogP contribution in [0.4, 0.5) is 9.59 Å². The van der Waals surface area contributed by atoms with Crippen molar-refractivity contribution in [3.63, 3.8) is 0 Å². The molecule has 0 spiro atoms. The van der Waals surface area contributed by atoms with E-state index >= 15 is 0 Å². The summed E-state index contributed by atoms with van der Waals surface area (Å²) in [4.78, 5) is 52.1. The van der Waals surface area contributed by atoms with E-state index in [4.69, 9.17) is 15.2 Å². The number of nitrogens with two attached hydrogens (primary N) is 1. The van der Waals surface area contributed by atoms with Crippen LogP contribution in [0.25, 0.3) is 11.1 Å². The van der Waals surface area contributed by atoms with Gasteiger partial charge in [0.1, 0.15) is 6.04 Å². The molecule has 0 aliphatic rings. The summed E-state index contributed by atoms with van der Waals surface area (Å²) in [7, 11) is 2.41. The molecule has 3 aromatic carbocycles. The number of ether oxygens (including phenoxy) is 2. The molecule has 0 fully saturated rings. The molecule has 0 heterocycles. The molecule has 3 unspecified atom stereocenters. The summed E-state index contributed by atoms with van der Waals surface area (Å²) in [6, 6.07) is 23.5. The summed E-state index contributed by atoms with van der Waals surface area (Å²) in [5.74, 6) is -2.92. The maximum atomic E-state index is 14.2. The van der Waals surface area contributed by atoms with Crippen molar-refractivity contribution in [3.05, 3.63) is 96.1 Å². The highest BCUT2D eigenvalue weighted by atomic mass is 16.5. The minimum absolute atomic E-state index is 0.135. The number of benzene rings is 3. The van der Waals surface area contributed by atoms with Gasteiger partial charge in [0.2, 0.25) is 0 Å². The van der Waals surface area contributed by atoms with Gasteiger partial charge in [0.15, 0.2) is 5.78 Å². The van der Waals surface area contributed by atoms with Crippen molar-refractivity contribution in [2.24, 2.45) is 23.5 Å². The van der Waals surface area contributed by atoms with Gasteiger partial charge >= 0.3 is 12.2 Å². The molecular formula is C37H49N5O7. The smallest absolute Gasteiger partial charge is 0.407 e. The number of rotatable bonds is 16. The van der Waals surface area contributed by atoms with Gasteiger partial charge in [-0.2, -0.15) is 0 Å². The molecule has 12 nitrogen and oxygen atoms in total. The van der Waals surface area contributed by atoms with Gasteiger partial charge in [0.05, 0.1) is 32.3 Å². The number of hydrogen-bond acceptors (Lipinski definition) is 9. The maximum absolute atomic E-state index is 14.2. The van der Waals surface area contributed by atoms with Crippen molar-refractivity contribution in [1.82, 2.24) is 21.1 Å². The Labute approximate surface area is 288 Å². The molecule has 3 aromatic rings. The van der Waals surface area contributed by atoms with E-state index in [2.05, 4.69) is 16.1 Å². The van der Waals surface area contributed by atoms with Gasteiger partial charge in [-0.1, -0.05) is 113 Å². The molecule has 0 radical (unpaired) electrons. The number of methoxy groups -OCH3 is 2. The summed E-state index contributed by atoms with van der Waals surface area (Å²) in [5.41, 5.74) is 13.0. The fourth-order valence-electron chi connectivity index (χ4n) is 5.54. The first kappa shape index (κ1) is 38.7. The highest BCUT2D eigenvalue weighted by Gasteiger charge is 2.40. The predicted molar refractivity (Wildman–Crippen MR) is 187 cm³/mol. The zero-order valence-electron chi connectivity index (χ0n) is 29.0. The SMILES string of the molecule is COC(=O)N[C@H](C(=O)NN(Cc1ccc(-c2ccccc2)cc1)CC(O)C(C(=O)[C@@H](NC(=O)OC)C(C)C)C(N)c1ccccc1)C(C)C. The minimum Gasteiger partial charge on any atom is -0.453 e. The molecule has 49 heavy (non-hydrogen) atoms. The number of amides is 3. The lowest BCUT2D eigenvalue weighted by Gasteiger charge is -2.35. The number of carbonyl (C=O) groups excluding carboxylic acids is 4. The number of nitrogens with one attached hydrogen (secondary N) is 3. The topological polar surface area (TPSA) is 172 Å². The van der Waals surface area contributed by atoms with Crippen LogP contribution in [0.5, 0.6) is 0 Å². The van der Waals surface area contributed by atoms with E-state index in [-0.39, 0.29) is 24.9 Å². The van der Waals surface area contributed by atoms with E-state index in [0.29, 0.717) is 5.56 Å². The molecule has 5 atom stereocenters. The molecule has 6 N–H and O–H groups in total. The van der Waals surface area contributed by atoms with Crippen molar-refractivity contribution < 1.29 is 33.8 Å². The summed E-state index contributed by atoms with van der Waals surface area (Å²) < 4.78 is 9.49. The lowest BCUT2D eigenvalue weighted by atomic mass is 9.80. The van der Waals surface area contributed by atoms with Crippen molar-refractivity contribution in [3.8, 4) is 11.1 Å². The first-order valence-electron chi connectivity index (χ1n) is 16.3. The Balaban J connectivity index is 1.99. The highest BCUT2D eigenvalue weighted by molar-refractivity contribution is 5.90. The van der Waals surface area contributed by atoms with Gasteiger partial charge in [-0.25, -0.2) is 14.6 Å². The van der Waals surface area contributed by atoms with Gasteiger partial charge < -0.3 is 30.9 Å². The monoisotopic (exact) mass is 675 g/mol. The van der Waals surface area contributed by atoms with Crippen LogP contribution >= 0.6 is 0 Å². The maximum Gasteiger partial charge on any atom is 0.407 e. The summed E-state index contributed by atoms with van der Waals surface area (Å²) in [6.07, 6.45) is -2.98. The quantitative estimate of drug-likeness (QED) is 0.140. The molecule has 0 saturated carbocycles. The zero-order chi connectivity index (χ0) is 36.1. The normalized spacial score (nSPS) is 14.3. The number of Topliss-reactive ketones (excluding diaryl/α,β-unsaturated/α-hetero) is 1. The van der Waals surface area contributed by atoms with Crippen LogP contribution in [-0.4, -0.2) is 72.9 Å². The second kappa shape index (κ2) is 18.7. The number of hydrogen-bond donors (Lipinski definition) is 5. The Bertz CT molecular complexity index is 1500. The van der Waals surface area contributed by atoms with E-state index in [1.54, 1.807) is 52.0 Å². The summed E-state index contributed by atoms with van der Waals surface area (Å²) >= 11 is 0. The Morgan fingerprint density at radius 3 is 1.73 bits per heavy atom. The van der Waals surface area contributed by atoms with E-state index < -0.39 is 54.0 Å². The van der Waals surface area contributed by atoms with Gasteiger partial charge in [-0.3, -0.25) is 15.0 Å². The largest absolute Gasteiger partial charge is 0.453 e. The molecule has 0 bridgehead atoms. The van der Waals surface area contributed by atoms with Gasteiger partial charge in [-0.15, -0.1) is 0 Å². The zero-order valence-corrected chi connectivity index (χ0v) is 29.0. The van der Waals surface area contributed by atoms with Crippen LogP contribution in [0.2, 0.25) is 0 Å². The first-order chi connectivity index (χ1) is 23.4. The van der Waals surface area contributed by atoms with Crippen LogP contribution in [0.3, 0.4) is 0 Å². The first-order valence-corrected chi connectivity index (χ1v) is 16.3. The van der Waals surface area contributed by atoms with E-state index in [0.717, 1.165) is 16.7 Å². The Morgan fingerprint density at radius 1 is 0.735 bits per heavy atom. The fourth-order valence-corrected chi connectivity index (χ4v) is 5.54. The number of alkyl carbamates (subject to hydrolysis) is 2. The third-order valence-electron chi connectivity index (χ3n) is 8.26. The minimum atomic E-state index is -1.42. The lowest BCUT2D eigenvalue weighted by molar-refractivity contribution is -0.133. The number of carbonyl (C=O) groups is 4. The van der Waals surface area contributed by atoms with Crippen molar-refractivity contribution in [1.29, 1.82) is 0 Å². The Kier molecular flexibility index (Phi) is 14.7. The second-order valence-electron chi connectivity index (χ2n) is 12.6. The average Bonchev–Trinajstić information content (AvgIpc) is 3.09. The molecule has 3 amide bonds. The molecule has 264 valence electrons. The fraction of sp³-hybridized carbons (Fsp3) is 0.405. The molecule has 3 rings (SSSR count). The van der Waals surface area contributed by atoms with Crippen molar-refractivity contribution in [2.45, 2.75) is 58.5 Å². The standard InChI is InChI=1S/C37H49N5O7/c1-23(2)32(39-36(46)48-5)34(44)30(31(38)28-15-11-8-12-16-28)29(43)22-42(41-35(45)33(24(3)4)40-37(47)49-6)21-25-17-19-27(20-18-25)26-13-9-7-10-14-26/h7-20,23-24,29-33,43H,21-22,38H2,1-6H3,(H,39,46)(H,40,47)(H,41,45)/t29?,30?,31?,32-,33-/m0/s1. The molecule has 0 aliphatic carbocycles. The molecule has 0 saturated heterocycles. The lowest BCUT2D eigenvalue weighted by Crippen LogP contribution is -2.57. The van der Waals surface area contributed by atoms with Gasteiger partial charge in [0, 0.05) is 19.1 Å². The second-order valence-corrected chi connectivity index (χ2v) is 12.6. The summed E-state index contributed by atoms with van der Waals surface area (Å²) in [6.45, 7) is 6.99. The van der Waals surface area contributed by atoms with Crippen molar-refractivity contribution >= 4 is 23.9 Å². The number of hydrazine groups is 1. The molecule has 0 aromatic heterocycles. The Hall–Kier alpha value is -4.78. The number of ketones is 1. The van der Waals surface area contributed by atoms with E-state index in [1.807, 2.05) is 60.7 Å². The highest BCUT2D eigenvalue weighted by Crippen LogP contribution is 2.28. The van der Waals surface area contributed by atoms with E-state index in [9.17, 15) is 24.3 Å². The van der Waals surface area contributed by atoms with Crippen molar-refractivity contribution in [2.75, 3.05) is 20.8 Å². The summed E-state index contributed by atoms with van der Waals surface area (Å²) in [5, 5.41) is 18.5. The van der Waals surface area contributed by atoms with Crippen LogP contribution < -0.4 is 21.8 Å². The predicted octanol–water partition coefficient (Wildman–Crippen LogP) is 4.19. The van der Waals surface area contributed by atoms with E-state index in [1.165, 1.54) is 19.2 Å². The Morgan fingerprint density at radius 2 is 1.22 bits per heavy atom.